The van der Waals surface area contributed by atoms with Gasteiger partial charge in [0.1, 0.15) is 0 Å². The van der Waals surface area contributed by atoms with Gasteiger partial charge in [-0.05, 0) is 36.2 Å². The number of nitrogens with zero attached hydrogens (tertiary/aromatic N) is 3. The molecule has 0 aliphatic rings. The van der Waals surface area contributed by atoms with Crippen LogP contribution >= 0.6 is 0 Å². The Kier molecular flexibility index (Phi) is 4.42. The Morgan fingerprint density at radius 1 is 1.13 bits per heavy atom. The van der Waals surface area contributed by atoms with E-state index in [4.69, 9.17) is 4.52 Å². The van der Waals surface area contributed by atoms with E-state index in [0.29, 0.717) is 17.3 Å². The predicted molar refractivity (Wildman–Crippen MR) is 84.5 cm³/mol. The normalized spacial score (nSPS) is 10.5. The lowest BCUT2D eigenvalue weighted by Crippen LogP contribution is -2.22. The number of aromatic nitrogens is 3. The summed E-state index contributed by atoms with van der Waals surface area (Å²) in [5, 5.41) is 6.66. The number of benzene rings is 1. The van der Waals surface area contributed by atoms with Crippen LogP contribution in [0.15, 0.2) is 53.3 Å². The molecule has 0 bridgehead atoms. The first-order valence-electron chi connectivity index (χ1n) is 7.36. The molecule has 6 nitrogen and oxygen atoms in total. The SMILES string of the molecule is CCc1ccc(C(=O)NCc2nc(-c3ccncc3)no2)cc1. The van der Waals surface area contributed by atoms with Crippen LogP contribution in [0.2, 0.25) is 0 Å². The summed E-state index contributed by atoms with van der Waals surface area (Å²) in [5.41, 5.74) is 2.62. The molecule has 0 aliphatic carbocycles. The second-order valence-electron chi connectivity index (χ2n) is 4.98. The van der Waals surface area contributed by atoms with E-state index in [2.05, 4.69) is 27.4 Å². The monoisotopic (exact) mass is 308 g/mol. The Hall–Kier alpha value is -3.02. The van der Waals surface area contributed by atoms with E-state index >= 15 is 0 Å². The summed E-state index contributed by atoms with van der Waals surface area (Å²) < 4.78 is 5.15. The molecule has 23 heavy (non-hydrogen) atoms. The summed E-state index contributed by atoms with van der Waals surface area (Å²) in [5.74, 6) is 0.663. The van der Waals surface area contributed by atoms with Crippen LogP contribution in [0.5, 0.6) is 0 Å². The van der Waals surface area contributed by atoms with Crippen molar-refractivity contribution in [1.29, 1.82) is 0 Å². The van der Waals surface area contributed by atoms with Crippen molar-refractivity contribution in [1.82, 2.24) is 20.4 Å². The highest BCUT2D eigenvalue weighted by Crippen LogP contribution is 2.14. The third-order valence-electron chi connectivity index (χ3n) is 3.43. The largest absolute Gasteiger partial charge is 0.343 e. The molecule has 1 aromatic carbocycles. The minimum Gasteiger partial charge on any atom is -0.343 e. The van der Waals surface area contributed by atoms with E-state index in [9.17, 15) is 4.79 Å². The van der Waals surface area contributed by atoms with Crippen molar-refractivity contribution >= 4 is 5.91 Å². The first kappa shape index (κ1) is 14.9. The topological polar surface area (TPSA) is 80.9 Å². The maximum absolute atomic E-state index is 12.1. The highest BCUT2D eigenvalue weighted by atomic mass is 16.5. The van der Waals surface area contributed by atoms with Crippen molar-refractivity contribution in [2.24, 2.45) is 0 Å². The molecule has 1 amide bonds. The third-order valence-corrected chi connectivity index (χ3v) is 3.43. The van der Waals surface area contributed by atoms with Crippen molar-refractivity contribution in [3.05, 3.63) is 65.8 Å². The zero-order valence-electron chi connectivity index (χ0n) is 12.7. The van der Waals surface area contributed by atoms with E-state index in [1.807, 2.05) is 24.3 Å². The van der Waals surface area contributed by atoms with Gasteiger partial charge in [0.05, 0.1) is 6.54 Å². The van der Waals surface area contributed by atoms with Gasteiger partial charge in [0, 0.05) is 23.5 Å². The van der Waals surface area contributed by atoms with Crippen LogP contribution in [0, 0.1) is 0 Å². The summed E-state index contributed by atoms with van der Waals surface area (Å²) in [4.78, 5) is 20.3. The van der Waals surface area contributed by atoms with E-state index in [-0.39, 0.29) is 12.5 Å². The maximum Gasteiger partial charge on any atom is 0.251 e. The Labute approximate surface area is 133 Å². The van der Waals surface area contributed by atoms with Crippen LogP contribution in [-0.4, -0.2) is 21.0 Å². The Balaban J connectivity index is 1.62. The first-order valence-corrected chi connectivity index (χ1v) is 7.36. The second-order valence-corrected chi connectivity index (χ2v) is 4.98. The van der Waals surface area contributed by atoms with Crippen molar-refractivity contribution < 1.29 is 9.32 Å². The molecular formula is C17H16N4O2. The van der Waals surface area contributed by atoms with Gasteiger partial charge in [0.25, 0.3) is 5.91 Å². The van der Waals surface area contributed by atoms with Gasteiger partial charge in [0.2, 0.25) is 11.7 Å². The number of amides is 1. The number of carbonyl (C=O) groups is 1. The smallest absolute Gasteiger partial charge is 0.251 e. The first-order chi connectivity index (χ1) is 11.3. The molecule has 0 unspecified atom stereocenters. The van der Waals surface area contributed by atoms with Crippen LogP contribution in [0.1, 0.15) is 28.7 Å². The number of rotatable bonds is 5. The molecule has 116 valence electrons. The average molecular weight is 308 g/mol. The van der Waals surface area contributed by atoms with Gasteiger partial charge in [0.15, 0.2) is 0 Å². The van der Waals surface area contributed by atoms with Gasteiger partial charge in [-0.1, -0.05) is 24.2 Å². The molecule has 0 atom stereocenters. The number of nitrogens with one attached hydrogen (secondary N) is 1. The second kappa shape index (κ2) is 6.83. The summed E-state index contributed by atoms with van der Waals surface area (Å²) in [6.07, 6.45) is 4.27. The molecule has 0 fully saturated rings. The molecule has 2 aromatic heterocycles. The average Bonchev–Trinajstić information content (AvgIpc) is 3.09. The zero-order chi connectivity index (χ0) is 16.1. The minimum atomic E-state index is -0.170. The number of carbonyl (C=O) groups excluding carboxylic acids is 1. The van der Waals surface area contributed by atoms with Gasteiger partial charge in [-0.3, -0.25) is 9.78 Å². The summed E-state index contributed by atoms with van der Waals surface area (Å²) in [6, 6.07) is 11.1. The molecule has 2 heterocycles. The maximum atomic E-state index is 12.1. The van der Waals surface area contributed by atoms with Crippen molar-refractivity contribution in [3.63, 3.8) is 0 Å². The van der Waals surface area contributed by atoms with Gasteiger partial charge >= 0.3 is 0 Å². The molecule has 0 aliphatic heterocycles. The van der Waals surface area contributed by atoms with E-state index in [1.54, 1.807) is 24.5 Å². The Morgan fingerprint density at radius 3 is 2.57 bits per heavy atom. The molecular weight excluding hydrogens is 292 g/mol. The molecule has 0 spiro atoms. The summed E-state index contributed by atoms with van der Waals surface area (Å²) in [7, 11) is 0. The standard InChI is InChI=1S/C17H16N4O2/c1-2-12-3-5-14(6-4-12)17(22)19-11-15-20-16(21-23-15)13-7-9-18-10-8-13/h3-10H,2,11H2,1H3,(H,19,22). The third kappa shape index (κ3) is 3.60. The van der Waals surface area contributed by atoms with Gasteiger partial charge in [-0.2, -0.15) is 4.98 Å². The van der Waals surface area contributed by atoms with Crippen molar-refractivity contribution in [2.75, 3.05) is 0 Å². The molecule has 3 rings (SSSR count). The number of hydrogen-bond donors (Lipinski definition) is 1. The summed E-state index contributed by atoms with van der Waals surface area (Å²) in [6.45, 7) is 2.26. The lowest BCUT2D eigenvalue weighted by atomic mass is 10.1. The van der Waals surface area contributed by atoms with Crippen molar-refractivity contribution in [3.8, 4) is 11.4 Å². The van der Waals surface area contributed by atoms with Crippen LogP contribution in [0.25, 0.3) is 11.4 Å². The van der Waals surface area contributed by atoms with Gasteiger partial charge in [-0.15, -0.1) is 0 Å². The summed E-state index contributed by atoms with van der Waals surface area (Å²) >= 11 is 0. The van der Waals surface area contributed by atoms with E-state index in [1.165, 1.54) is 5.56 Å². The molecule has 1 N–H and O–H groups in total. The Morgan fingerprint density at radius 2 is 1.87 bits per heavy atom. The van der Waals surface area contributed by atoms with Crippen LogP contribution in [0.4, 0.5) is 0 Å². The quantitative estimate of drug-likeness (QED) is 0.783. The zero-order valence-corrected chi connectivity index (χ0v) is 12.7. The van der Waals surface area contributed by atoms with Gasteiger partial charge < -0.3 is 9.84 Å². The lowest BCUT2D eigenvalue weighted by molar-refractivity contribution is 0.0946. The molecule has 0 radical (unpaired) electrons. The number of hydrogen-bond acceptors (Lipinski definition) is 5. The highest BCUT2D eigenvalue weighted by molar-refractivity contribution is 5.94. The highest BCUT2D eigenvalue weighted by Gasteiger charge is 2.10. The Bertz CT molecular complexity index is 782. The number of aryl methyl sites for hydroxylation is 1. The number of pyridine rings is 1. The molecule has 0 saturated carbocycles. The molecule has 0 saturated heterocycles. The van der Waals surface area contributed by atoms with Crippen molar-refractivity contribution in [2.45, 2.75) is 19.9 Å². The predicted octanol–water partition coefficient (Wildman–Crippen LogP) is 2.62. The molecule has 3 aromatic rings. The fourth-order valence-electron chi connectivity index (χ4n) is 2.09. The fraction of sp³-hybridized carbons (Fsp3) is 0.176. The van der Waals surface area contributed by atoms with Gasteiger partial charge in [-0.25, -0.2) is 0 Å². The lowest BCUT2D eigenvalue weighted by Gasteiger charge is -2.03. The van der Waals surface area contributed by atoms with Crippen LogP contribution < -0.4 is 5.32 Å². The fourth-order valence-corrected chi connectivity index (χ4v) is 2.09. The van der Waals surface area contributed by atoms with Crippen LogP contribution in [-0.2, 0) is 13.0 Å². The van der Waals surface area contributed by atoms with Crippen LogP contribution in [0.3, 0.4) is 0 Å². The van der Waals surface area contributed by atoms with E-state index < -0.39 is 0 Å². The molecule has 6 heteroatoms. The minimum absolute atomic E-state index is 0.170. The van der Waals surface area contributed by atoms with E-state index in [0.717, 1.165) is 12.0 Å².